The van der Waals surface area contributed by atoms with Crippen molar-refractivity contribution in [2.24, 2.45) is 0 Å². The molecule has 0 heterocycles. The van der Waals surface area contributed by atoms with Crippen LogP contribution in [-0.4, -0.2) is 22.8 Å². The SMILES string of the molecule is C=CC(=O)O/C=C(\O)CO. The van der Waals surface area contributed by atoms with Crippen LogP contribution in [0.5, 0.6) is 0 Å². The molecule has 56 valence electrons. The van der Waals surface area contributed by atoms with Crippen LogP contribution in [0.1, 0.15) is 0 Å². The fourth-order valence-electron chi connectivity index (χ4n) is 0.211. The van der Waals surface area contributed by atoms with Gasteiger partial charge in [0.2, 0.25) is 0 Å². The largest absolute Gasteiger partial charge is 0.507 e. The number of aliphatic hydroxyl groups is 2. The Labute approximate surface area is 58.0 Å². The van der Waals surface area contributed by atoms with E-state index in [-0.39, 0.29) is 0 Å². The highest BCUT2D eigenvalue weighted by molar-refractivity contribution is 5.81. The van der Waals surface area contributed by atoms with Gasteiger partial charge in [-0.05, 0) is 0 Å². The molecule has 0 unspecified atom stereocenters. The Bertz CT molecular complexity index is 159. The summed E-state index contributed by atoms with van der Waals surface area (Å²) in [5, 5.41) is 16.7. The lowest BCUT2D eigenvalue weighted by Gasteiger charge is -1.93. The highest BCUT2D eigenvalue weighted by Gasteiger charge is 1.92. The summed E-state index contributed by atoms with van der Waals surface area (Å²) in [6.45, 7) is 2.57. The molecule has 0 aromatic rings. The van der Waals surface area contributed by atoms with Crippen LogP contribution in [0.3, 0.4) is 0 Å². The highest BCUT2D eigenvalue weighted by Crippen LogP contribution is 1.87. The van der Waals surface area contributed by atoms with E-state index in [1.54, 1.807) is 0 Å². The van der Waals surface area contributed by atoms with Gasteiger partial charge in [-0.25, -0.2) is 4.79 Å². The van der Waals surface area contributed by atoms with Crippen molar-refractivity contribution in [1.82, 2.24) is 0 Å². The first-order valence-electron chi connectivity index (χ1n) is 2.52. The molecule has 0 aliphatic rings. The maximum absolute atomic E-state index is 10.3. The molecule has 0 saturated carbocycles. The Kier molecular flexibility index (Phi) is 3.99. The van der Waals surface area contributed by atoms with E-state index < -0.39 is 18.3 Å². The van der Waals surface area contributed by atoms with Gasteiger partial charge in [-0.1, -0.05) is 6.58 Å². The molecule has 4 heteroatoms. The third kappa shape index (κ3) is 3.68. The maximum Gasteiger partial charge on any atom is 0.335 e. The highest BCUT2D eigenvalue weighted by atomic mass is 16.5. The zero-order valence-corrected chi connectivity index (χ0v) is 5.28. The van der Waals surface area contributed by atoms with Crippen molar-refractivity contribution in [3.63, 3.8) is 0 Å². The minimum absolute atomic E-state index is 0.407. The van der Waals surface area contributed by atoms with Gasteiger partial charge in [0.25, 0.3) is 0 Å². The molecule has 0 aromatic carbocycles. The van der Waals surface area contributed by atoms with Gasteiger partial charge in [0.1, 0.15) is 12.9 Å². The van der Waals surface area contributed by atoms with E-state index >= 15 is 0 Å². The summed E-state index contributed by atoms with van der Waals surface area (Å²) < 4.78 is 4.21. The van der Waals surface area contributed by atoms with Crippen LogP contribution in [-0.2, 0) is 9.53 Å². The Morgan fingerprint density at radius 3 is 2.70 bits per heavy atom. The summed E-state index contributed by atoms with van der Waals surface area (Å²) in [5.41, 5.74) is 0. The van der Waals surface area contributed by atoms with Gasteiger partial charge >= 0.3 is 5.97 Å². The van der Waals surface area contributed by atoms with Crippen molar-refractivity contribution < 1.29 is 19.7 Å². The molecule has 0 rings (SSSR count). The molecule has 4 nitrogen and oxygen atoms in total. The minimum Gasteiger partial charge on any atom is -0.507 e. The molecule has 0 aliphatic heterocycles. The standard InChI is InChI=1S/C6H8O4/c1-2-6(9)10-4-5(8)3-7/h2,4,7-8H,1,3H2/b5-4-. The van der Waals surface area contributed by atoms with Crippen LogP contribution < -0.4 is 0 Å². The maximum atomic E-state index is 10.3. The lowest BCUT2D eigenvalue weighted by Crippen LogP contribution is -1.96. The third-order valence-corrected chi connectivity index (χ3v) is 0.640. The molecule has 0 atom stereocenters. The van der Waals surface area contributed by atoms with Gasteiger partial charge < -0.3 is 14.9 Å². The second kappa shape index (κ2) is 4.58. The number of carbonyl (C=O) groups is 1. The molecule has 0 saturated heterocycles. The number of hydrogen-bond acceptors (Lipinski definition) is 4. The molecule has 0 aliphatic carbocycles. The summed E-state index contributed by atoms with van der Waals surface area (Å²) in [7, 11) is 0. The zero-order chi connectivity index (χ0) is 7.98. The van der Waals surface area contributed by atoms with E-state index in [1.807, 2.05) is 0 Å². The van der Waals surface area contributed by atoms with Crippen LogP contribution in [0.25, 0.3) is 0 Å². The summed E-state index contributed by atoms with van der Waals surface area (Å²) in [6.07, 6.45) is 1.70. The summed E-state index contributed by atoms with van der Waals surface area (Å²) in [5.74, 6) is -1.09. The first-order valence-corrected chi connectivity index (χ1v) is 2.52. The predicted molar refractivity (Wildman–Crippen MR) is 34.1 cm³/mol. The lowest BCUT2D eigenvalue weighted by molar-refractivity contribution is -0.132. The van der Waals surface area contributed by atoms with Crippen LogP contribution in [0.15, 0.2) is 24.7 Å². The molecule has 0 amide bonds. The average molecular weight is 144 g/mol. The molecule has 0 radical (unpaired) electrons. The van der Waals surface area contributed by atoms with Crippen molar-refractivity contribution in [1.29, 1.82) is 0 Å². The molecule has 10 heavy (non-hydrogen) atoms. The Morgan fingerprint density at radius 2 is 2.30 bits per heavy atom. The van der Waals surface area contributed by atoms with Crippen LogP contribution >= 0.6 is 0 Å². The van der Waals surface area contributed by atoms with Crippen LogP contribution in [0.2, 0.25) is 0 Å². The van der Waals surface area contributed by atoms with Gasteiger partial charge in [0, 0.05) is 6.08 Å². The molecular weight excluding hydrogens is 136 g/mol. The van der Waals surface area contributed by atoms with E-state index in [4.69, 9.17) is 10.2 Å². The van der Waals surface area contributed by atoms with Gasteiger partial charge in [-0.3, -0.25) is 0 Å². The number of ether oxygens (including phenoxy) is 1. The zero-order valence-electron chi connectivity index (χ0n) is 5.28. The summed E-state index contributed by atoms with van der Waals surface area (Å²) in [4.78, 5) is 10.3. The number of aliphatic hydroxyl groups excluding tert-OH is 2. The second-order valence-electron chi connectivity index (χ2n) is 1.41. The number of rotatable bonds is 3. The smallest absolute Gasteiger partial charge is 0.335 e. The van der Waals surface area contributed by atoms with Crippen LogP contribution in [0.4, 0.5) is 0 Å². The van der Waals surface area contributed by atoms with E-state index in [2.05, 4.69) is 11.3 Å². The predicted octanol–water partition coefficient (Wildman–Crippen LogP) is 0.107. The second-order valence-corrected chi connectivity index (χ2v) is 1.41. The number of hydrogen-bond donors (Lipinski definition) is 2. The first-order chi connectivity index (χ1) is 4.70. The molecule has 0 fully saturated rings. The third-order valence-electron chi connectivity index (χ3n) is 0.640. The fraction of sp³-hybridized carbons (Fsp3) is 0.167. The van der Waals surface area contributed by atoms with Crippen molar-refractivity contribution >= 4 is 5.97 Å². The summed E-state index contributed by atoms with van der Waals surface area (Å²) >= 11 is 0. The van der Waals surface area contributed by atoms with Crippen molar-refractivity contribution in [3.05, 3.63) is 24.7 Å². The Morgan fingerprint density at radius 1 is 1.70 bits per heavy atom. The average Bonchev–Trinajstić information content (AvgIpc) is 1.99. The minimum atomic E-state index is -0.681. The molecule has 0 aromatic heterocycles. The van der Waals surface area contributed by atoms with Gasteiger partial charge in [-0.15, -0.1) is 0 Å². The monoisotopic (exact) mass is 144 g/mol. The Hall–Kier alpha value is -1.29. The topological polar surface area (TPSA) is 66.8 Å². The normalized spacial score (nSPS) is 10.7. The Balaban J connectivity index is 3.71. The lowest BCUT2D eigenvalue weighted by atomic mass is 10.6. The van der Waals surface area contributed by atoms with Crippen molar-refractivity contribution in [2.75, 3.05) is 6.61 Å². The molecule has 0 spiro atoms. The van der Waals surface area contributed by atoms with E-state index in [0.29, 0.717) is 0 Å². The van der Waals surface area contributed by atoms with E-state index in [1.165, 1.54) is 0 Å². The molecular formula is C6H8O4. The van der Waals surface area contributed by atoms with E-state index in [0.717, 1.165) is 12.3 Å². The quantitative estimate of drug-likeness (QED) is 0.335. The van der Waals surface area contributed by atoms with Crippen LogP contribution in [0, 0.1) is 0 Å². The number of carbonyl (C=O) groups excluding carboxylic acids is 1. The van der Waals surface area contributed by atoms with Crippen molar-refractivity contribution in [3.8, 4) is 0 Å². The van der Waals surface area contributed by atoms with Gasteiger partial charge in [0.15, 0.2) is 5.76 Å². The van der Waals surface area contributed by atoms with Crippen molar-refractivity contribution in [2.45, 2.75) is 0 Å². The van der Waals surface area contributed by atoms with Gasteiger partial charge in [-0.2, -0.15) is 0 Å². The molecule has 0 bridgehead atoms. The molecule has 2 N–H and O–H groups in total. The number of esters is 1. The van der Waals surface area contributed by atoms with Gasteiger partial charge in [0.05, 0.1) is 0 Å². The first kappa shape index (κ1) is 8.71. The van der Waals surface area contributed by atoms with E-state index in [9.17, 15) is 4.79 Å². The fourth-order valence-corrected chi connectivity index (χ4v) is 0.211. The summed E-state index contributed by atoms with van der Waals surface area (Å²) in [6, 6.07) is 0.